The van der Waals surface area contributed by atoms with E-state index in [4.69, 9.17) is 9.47 Å². The highest BCUT2D eigenvalue weighted by molar-refractivity contribution is 5.85. The van der Waals surface area contributed by atoms with Crippen molar-refractivity contribution in [2.45, 2.75) is 44.6 Å². The third-order valence-corrected chi connectivity index (χ3v) is 5.58. The maximum Gasteiger partial charge on any atom is 0.410 e. The van der Waals surface area contributed by atoms with Gasteiger partial charge in [0.2, 0.25) is 5.60 Å². The first-order valence-corrected chi connectivity index (χ1v) is 11.0. The van der Waals surface area contributed by atoms with E-state index in [0.29, 0.717) is 17.7 Å². The van der Waals surface area contributed by atoms with Crippen LogP contribution in [0.5, 0.6) is 0 Å². The monoisotopic (exact) mass is 440 g/mol. The van der Waals surface area contributed by atoms with Crippen LogP contribution in [-0.4, -0.2) is 54.5 Å². The first-order chi connectivity index (χ1) is 15.3. The van der Waals surface area contributed by atoms with Crippen molar-refractivity contribution in [2.75, 3.05) is 20.1 Å². The molecule has 2 aromatic rings. The second-order valence-corrected chi connectivity index (χ2v) is 8.59. The molecule has 0 spiro atoms. The fourth-order valence-corrected chi connectivity index (χ4v) is 3.97. The van der Waals surface area contributed by atoms with Crippen LogP contribution in [0.2, 0.25) is 0 Å². The summed E-state index contributed by atoms with van der Waals surface area (Å²) in [5, 5.41) is 14.3. The summed E-state index contributed by atoms with van der Waals surface area (Å²) in [4.78, 5) is 28.0. The summed E-state index contributed by atoms with van der Waals surface area (Å²) < 4.78 is 11.3. The first-order valence-electron chi connectivity index (χ1n) is 11.0. The molecule has 2 aromatic carbocycles. The Morgan fingerprint density at radius 3 is 2.09 bits per heavy atom. The third kappa shape index (κ3) is 5.66. The van der Waals surface area contributed by atoms with Gasteiger partial charge in [-0.3, -0.25) is 0 Å². The number of carbonyl (C=O) groups is 2. The number of likely N-dealkylation sites (tertiary alicyclic amines) is 1. The molecule has 1 amide bonds. The number of ether oxygens (including phenoxy) is 2. The Labute approximate surface area is 189 Å². The van der Waals surface area contributed by atoms with Crippen LogP contribution in [-0.2, 0) is 19.9 Å². The average Bonchev–Trinajstić information content (AvgIpc) is 2.78. The molecule has 2 atom stereocenters. The van der Waals surface area contributed by atoms with E-state index in [1.165, 1.54) is 0 Å². The fourth-order valence-electron chi connectivity index (χ4n) is 3.97. The molecule has 2 N–H and O–H groups in total. The van der Waals surface area contributed by atoms with Gasteiger partial charge in [-0.05, 0) is 51.4 Å². The molecule has 1 saturated heterocycles. The average molecular weight is 441 g/mol. The largest absolute Gasteiger partial charge is 0.422 e. The minimum Gasteiger partial charge on any atom is -0.422 e. The molecule has 7 heteroatoms. The van der Waals surface area contributed by atoms with Gasteiger partial charge in [-0.25, -0.2) is 9.59 Å². The summed E-state index contributed by atoms with van der Waals surface area (Å²) in [6.07, 6.45) is -0.143. The van der Waals surface area contributed by atoms with Gasteiger partial charge in [0.05, 0.1) is 0 Å². The molecule has 1 aliphatic heterocycles. The van der Waals surface area contributed by atoms with Gasteiger partial charge in [0.15, 0.2) is 0 Å². The Morgan fingerprint density at radius 2 is 1.59 bits per heavy atom. The van der Waals surface area contributed by atoms with Crippen molar-refractivity contribution in [3.8, 4) is 0 Å². The molecular formula is C25H32N2O5. The predicted octanol–water partition coefficient (Wildman–Crippen LogP) is 3.27. The van der Waals surface area contributed by atoms with Crippen molar-refractivity contribution < 1.29 is 24.2 Å². The SMILES string of the molecule is CC(C)NC(=O)OC(OC(=O)C(O)(c1ccccc1)c1ccccc1)C1CCCN(C)C1. The zero-order valence-electron chi connectivity index (χ0n) is 18.9. The number of alkyl carbamates (subject to hydrolysis) is 1. The zero-order chi connectivity index (χ0) is 23.1. The summed E-state index contributed by atoms with van der Waals surface area (Å²) in [5.74, 6) is -1.09. The van der Waals surface area contributed by atoms with Gasteiger partial charge in [-0.1, -0.05) is 60.7 Å². The number of benzene rings is 2. The number of hydrogen-bond acceptors (Lipinski definition) is 6. The van der Waals surface area contributed by atoms with Crippen LogP contribution in [0, 0.1) is 5.92 Å². The lowest BCUT2D eigenvalue weighted by atomic mass is 9.86. The van der Waals surface area contributed by atoms with Crippen LogP contribution in [0.4, 0.5) is 4.79 Å². The Morgan fingerprint density at radius 1 is 1.03 bits per heavy atom. The maximum absolute atomic E-state index is 13.5. The van der Waals surface area contributed by atoms with Crippen molar-refractivity contribution in [1.82, 2.24) is 10.2 Å². The summed E-state index contributed by atoms with van der Waals surface area (Å²) in [5.41, 5.74) is -1.29. The van der Waals surface area contributed by atoms with Gasteiger partial charge in [0.1, 0.15) is 0 Å². The lowest BCUT2D eigenvalue weighted by molar-refractivity contribution is -0.197. The maximum atomic E-state index is 13.5. The van der Waals surface area contributed by atoms with Crippen LogP contribution in [0.3, 0.4) is 0 Å². The number of esters is 1. The van der Waals surface area contributed by atoms with E-state index in [1.54, 1.807) is 60.7 Å². The molecular weight excluding hydrogens is 408 g/mol. The van der Waals surface area contributed by atoms with Crippen LogP contribution < -0.4 is 5.32 Å². The van der Waals surface area contributed by atoms with Crippen LogP contribution in [0.15, 0.2) is 60.7 Å². The number of amides is 1. The summed E-state index contributed by atoms with van der Waals surface area (Å²) >= 11 is 0. The summed E-state index contributed by atoms with van der Waals surface area (Å²) in [7, 11) is 1.98. The zero-order valence-corrected chi connectivity index (χ0v) is 18.9. The lowest BCUT2D eigenvalue weighted by Crippen LogP contribution is -2.47. The Kier molecular flexibility index (Phi) is 7.88. The van der Waals surface area contributed by atoms with E-state index >= 15 is 0 Å². The molecule has 0 saturated carbocycles. The van der Waals surface area contributed by atoms with Crippen molar-refractivity contribution in [3.05, 3.63) is 71.8 Å². The van der Waals surface area contributed by atoms with Gasteiger partial charge in [-0.15, -0.1) is 0 Å². The Bertz CT molecular complexity index is 848. The molecule has 32 heavy (non-hydrogen) atoms. The number of piperidine rings is 1. The van der Waals surface area contributed by atoms with Crippen molar-refractivity contribution in [2.24, 2.45) is 5.92 Å². The Hall–Kier alpha value is -2.90. The van der Waals surface area contributed by atoms with Crippen molar-refractivity contribution >= 4 is 12.1 Å². The van der Waals surface area contributed by atoms with Gasteiger partial charge in [0, 0.05) is 18.5 Å². The highest BCUT2D eigenvalue weighted by atomic mass is 16.7. The highest BCUT2D eigenvalue weighted by Crippen LogP contribution is 2.33. The van der Waals surface area contributed by atoms with Crippen molar-refractivity contribution in [3.63, 3.8) is 0 Å². The normalized spacial score (nSPS) is 18.1. The van der Waals surface area contributed by atoms with E-state index < -0.39 is 24.0 Å². The first kappa shape index (κ1) is 23.8. The smallest absolute Gasteiger partial charge is 0.410 e. The lowest BCUT2D eigenvalue weighted by Gasteiger charge is -2.36. The fraction of sp³-hybridized carbons (Fsp3) is 0.440. The van der Waals surface area contributed by atoms with E-state index in [2.05, 4.69) is 10.2 Å². The highest BCUT2D eigenvalue weighted by Gasteiger charge is 2.44. The minimum atomic E-state index is -2.04. The van der Waals surface area contributed by atoms with Gasteiger partial charge >= 0.3 is 12.1 Å². The minimum absolute atomic E-state index is 0.126. The number of nitrogens with one attached hydrogen (secondary N) is 1. The molecule has 1 heterocycles. The van der Waals surface area contributed by atoms with Gasteiger partial charge < -0.3 is 24.8 Å². The van der Waals surface area contributed by atoms with Gasteiger partial charge in [-0.2, -0.15) is 0 Å². The molecule has 0 aliphatic carbocycles. The molecule has 172 valence electrons. The number of carbonyl (C=O) groups excluding carboxylic acids is 2. The van der Waals surface area contributed by atoms with E-state index in [1.807, 2.05) is 20.9 Å². The molecule has 0 aromatic heterocycles. The predicted molar refractivity (Wildman–Crippen MR) is 121 cm³/mol. The quantitative estimate of drug-likeness (QED) is 0.508. The van der Waals surface area contributed by atoms with E-state index in [9.17, 15) is 14.7 Å². The number of aliphatic hydroxyl groups is 1. The van der Waals surface area contributed by atoms with Crippen LogP contribution in [0.1, 0.15) is 37.8 Å². The van der Waals surface area contributed by atoms with Crippen LogP contribution >= 0.6 is 0 Å². The standard InChI is InChI=1S/C25H32N2O5/c1-18(2)26-24(29)32-22(19-11-10-16-27(3)17-19)31-23(28)25(30,20-12-6-4-7-13-20)21-14-8-5-9-15-21/h4-9,12-15,18-19,22,30H,10-11,16-17H2,1-3H3,(H,26,29). The molecule has 7 nitrogen and oxygen atoms in total. The van der Waals surface area contributed by atoms with Gasteiger partial charge in [0.25, 0.3) is 6.29 Å². The molecule has 1 fully saturated rings. The molecule has 0 bridgehead atoms. The second-order valence-electron chi connectivity index (χ2n) is 8.59. The topological polar surface area (TPSA) is 88.1 Å². The number of hydrogen-bond donors (Lipinski definition) is 2. The van der Waals surface area contributed by atoms with E-state index in [0.717, 1.165) is 19.4 Å². The third-order valence-electron chi connectivity index (χ3n) is 5.58. The summed E-state index contributed by atoms with van der Waals surface area (Å²) in [6, 6.07) is 17.2. The Balaban J connectivity index is 1.91. The second kappa shape index (κ2) is 10.6. The molecule has 0 radical (unpaired) electrons. The molecule has 2 unspecified atom stereocenters. The van der Waals surface area contributed by atoms with E-state index in [-0.39, 0.29) is 12.0 Å². The number of nitrogens with zero attached hydrogens (tertiary/aromatic N) is 1. The molecule has 1 aliphatic rings. The number of rotatable bonds is 7. The molecule has 3 rings (SSSR count). The van der Waals surface area contributed by atoms with Crippen molar-refractivity contribution in [1.29, 1.82) is 0 Å². The summed E-state index contributed by atoms with van der Waals surface area (Å²) in [6.45, 7) is 5.18. The van der Waals surface area contributed by atoms with Crippen LogP contribution in [0.25, 0.3) is 0 Å².